The first kappa shape index (κ1) is 15.1. The monoisotopic (exact) mass is 315 g/mol. The number of benzene rings is 1. The zero-order valence-corrected chi connectivity index (χ0v) is 12.2. The van der Waals surface area contributed by atoms with E-state index in [1.807, 2.05) is 19.1 Å². The van der Waals surface area contributed by atoms with Gasteiger partial charge in [-0.2, -0.15) is 0 Å². The molecule has 0 heterocycles. The number of amides is 1. The highest BCUT2D eigenvalue weighted by atomic mass is 79.9. The van der Waals surface area contributed by atoms with Crippen molar-refractivity contribution in [2.75, 3.05) is 33.4 Å². The highest BCUT2D eigenvalue weighted by Gasteiger charge is 2.16. The van der Waals surface area contributed by atoms with Gasteiger partial charge in [0.1, 0.15) is 0 Å². The lowest BCUT2D eigenvalue weighted by Gasteiger charge is -2.22. The Kier molecular flexibility index (Phi) is 6.32. The van der Waals surface area contributed by atoms with Crippen LogP contribution >= 0.6 is 15.9 Å². The molecule has 0 aromatic heterocycles. The van der Waals surface area contributed by atoms with Crippen LogP contribution < -0.4 is 0 Å². The number of aliphatic hydroxyl groups is 1. The molecular formula is C13H18BrNO3. The van der Waals surface area contributed by atoms with Gasteiger partial charge in [0.05, 0.1) is 13.2 Å². The van der Waals surface area contributed by atoms with E-state index < -0.39 is 0 Å². The molecule has 1 N–H and O–H groups in total. The Morgan fingerprint density at radius 3 is 2.72 bits per heavy atom. The number of hydrogen-bond donors (Lipinski definition) is 1. The third kappa shape index (κ3) is 4.08. The molecule has 100 valence electrons. The third-order valence-electron chi connectivity index (χ3n) is 2.64. The number of rotatable bonds is 6. The molecule has 1 amide bonds. The van der Waals surface area contributed by atoms with E-state index in [1.54, 1.807) is 18.1 Å². The number of carbonyl (C=O) groups excluding carboxylic acids is 1. The molecule has 0 spiro atoms. The molecule has 0 bridgehead atoms. The summed E-state index contributed by atoms with van der Waals surface area (Å²) < 4.78 is 5.92. The molecule has 4 nitrogen and oxygen atoms in total. The first-order valence-corrected chi connectivity index (χ1v) is 6.54. The molecule has 0 fully saturated rings. The average Bonchev–Trinajstić information content (AvgIpc) is 2.33. The Morgan fingerprint density at radius 1 is 1.44 bits per heavy atom. The van der Waals surface area contributed by atoms with Gasteiger partial charge in [0.15, 0.2) is 0 Å². The van der Waals surface area contributed by atoms with Gasteiger partial charge in [-0.15, -0.1) is 0 Å². The molecule has 0 atom stereocenters. The van der Waals surface area contributed by atoms with Crippen LogP contribution in [0.4, 0.5) is 0 Å². The lowest BCUT2D eigenvalue weighted by atomic mass is 10.1. The van der Waals surface area contributed by atoms with Crippen molar-refractivity contribution in [3.63, 3.8) is 0 Å². The average molecular weight is 316 g/mol. The highest BCUT2D eigenvalue weighted by Crippen LogP contribution is 2.17. The summed E-state index contributed by atoms with van der Waals surface area (Å²) in [6.45, 7) is 3.10. The van der Waals surface area contributed by atoms with Crippen LogP contribution in [-0.4, -0.2) is 49.3 Å². The minimum absolute atomic E-state index is 0.0506. The van der Waals surface area contributed by atoms with Gasteiger partial charge in [-0.05, 0) is 30.7 Å². The van der Waals surface area contributed by atoms with Crippen molar-refractivity contribution in [1.82, 2.24) is 4.90 Å². The fourth-order valence-corrected chi connectivity index (χ4v) is 2.15. The Hall–Kier alpha value is -0.910. The smallest absolute Gasteiger partial charge is 0.254 e. The van der Waals surface area contributed by atoms with Crippen LogP contribution in [0, 0.1) is 6.92 Å². The summed E-state index contributed by atoms with van der Waals surface area (Å²) in [5, 5.41) is 9.00. The molecule has 0 radical (unpaired) electrons. The summed E-state index contributed by atoms with van der Waals surface area (Å²) in [5.41, 5.74) is 1.57. The van der Waals surface area contributed by atoms with Crippen LogP contribution in [0.25, 0.3) is 0 Å². The van der Waals surface area contributed by atoms with E-state index in [0.717, 1.165) is 10.0 Å². The Bertz CT molecular complexity index is 409. The standard InChI is InChI=1S/C13H18BrNO3/c1-10-9-11(14)3-4-12(10)13(17)15(5-7-16)6-8-18-2/h3-4,9,16H,5-8H2,1-2H3. The molecule has 5 heteroatoms. The predicted octanol–water partition coefficient (Wildman–Crippen LogP) is 1.84. The molecular weight excluding hydrogens is 298 g/mol. The quantitative estimate of drug-likeness (QED) is 0.871. The second kappa shape index (κ2) is 7.51. The maximum Gasteiger partial charge on any atom is 0.254 e. The number of halogens is 1. The molecule has 0 saturated carbocycles. The first-order chi connectivity index (χ1) is 8.60. The fourth-order valence-electron chi connectivity index (χ4n) is 1.67. The molecule has 0 aliphatic carbocycles. The minimum Gasteiger partial charge on any atom is -0.395 e. The second-order valence-electron chi connectivity index (χ2n) is 3.97. The van der Waals surface area contributed by atoms with Crippen molar-refractivity contribution < 1.29 is 14.6 Å². The maximum atomic E-state index is 12.3. The van der Waals surface area contributed by atoms with Crippen LogP contribution in [-0.2, 0) is 4.74 Å². The molecule has 0 aliphatic heterocycles. The van der Waals surface area contributed by atoms with Crippen molar-refractivity contribution in [3.05, 3.63) is 33.8 Å². The number of aliphatic hydroxyl groups excluding tert-OH is 1. The van der Waals surface area contributed by atoms with Crippen molar-refractivity contribution in [2.45, 2.75) is 6.92 Å². The maximum absolute atomic E-state index is 12.3. The largest absolute Gasteiger partial charge is 0.395 e. The van der Waals surface area contributed by atoms with Crippen LogP contribution in [0.2, 0.25) is 0 Å². The van der Waals surface area contributed by atoms with Crippen molar-refractivity contribution in [3.8, 4) is 0 Å². The van der Waals surface area contributed by atoms with Crippen LogP contribution in [0.3, 0.4) is 0 Å². The molecule has 0 saturated heterocycles. The zero-order chi connectivity index (χ0) is 13.5. The van der Waals surface area contributed by atoms with Gasteiger partial charge in [-0.25, -0.2) is 0 Å². The summed E-state index contributed by atoms with van der Waals surface area (Å²) in [6, 6.07) is 5.54. The summed E-state index contributed by atoms with van der Waals surface area (Å²) in [5.74, 6) is -0.0777. The van der Waals surface area contributed by atoms with Gasteiger partial charge < -0.3 is 14.7 Å². The van der Waals surface area contributed by atoms with E-state index in [9.17, 15) is 4.79 Å². The van der Waals surface area contributed by atoms with Crippen molar-refractivity contribution in [1.29, 1.82) is 0 Å². The van der Waals surface area contributed by atoms with E-state index in [4.69, 9.17) is 9.84 Å². The number of aryl methyl sites for hydroxylation is 1. The molecule has 0 aliphatic rings. The SMILES string of the molecule is COCCN(CCO)C(=O)c1ccc(Br)cc1C. The fraction of sp³-hybridized carbons (Fsp3) is 0.462. The number of carbonyl (C=O) groups is 1. The Balaban J connectivity index is 2.87. The van der Waals surface area contributed by atoms with Gasteiger partial charge in [-0.3, -0.25) is 4.79 Å². The number of nitrogens with zero attached hydrogens (tertiary/aromatic N) is 1. The van der Waals surface area contributed by atoms with Crippen LogP contribution in [0.5, 0.6) is 0 Å². The van der Waals surface area contributed by atoms with Gasteiger partial charge >= 0.3 is 0 Å². The van der Waals surface area contributed by atoms with Crippen LogP contribution in [0.15, 0.2) is 22.7 Å². The second-order valence-corrected chi connectivity index (χ2v) is 4.88. The first-order valence-electron chi connectivity index (χ1n) is 5.75. The van der Waals surface area contributed by atoms with Crippen LogP contribution in [0.1, 0.15) is 15.9 Å². The van der Waals surface area contributed by atoms with Gasteiger partial charge in [-0.1, -0.05) is 15.9 Å². The summed E-state index contributed by atoms with van der Waals surface area (Å²) in [4.78, 5) is 13.9. The molecule has 1 rings (SSSR count). The van der Waals surface area contributed by atoms with Gasteiger partial charge in [0.2, 0.25) is 0 Å². The minimum atomic E-state index is -0.0777. The van der Waals surface area contributed by atoms with Gasteiger partial charge in [0.25, 0.3) is 5.91 Å². The Labute approximate surface area is 116 Å². The summed E-state index contributed by atoms with van der Waals surface area (Å²) in [7, 11) is 1.59. The lowest BCUT2D eigenvalue weighted by Crippen LogP contribution is -2.36. The number of ether oxygens (including phenoxy) is 1. The van der Waals surface area contributed by atoms with E-state index in [2.05, 4.69) is 15.9 Å². The van der Waals surface area contributed by atoms with Crippen molar-refractivity contribution >= 4 is 21.8 Å². The van der Waals surface area contributed by atoms with E-state index in [0.29, 0.717) is 25.3 Å². The summed E-state index contributed by atoms with van der Waals surface area (Å²) in [6.07, 6.45) is 0. The lowest BCUT2D eigenvalue weighted by molar-refractivity contribution is 0.0656. The van der Waals surface area contributed by atoms with Crippen molar-refractivity contribution in [2.24, 2.45) is 0 Å². The number of hydrogen-bond acceptors (Lipinski definition) is 3. The molecule has 0 unspecified atom stereocenters. The van der Waals surface area contributed by atoms with E-state index in [1.165, 1.54) is 0 Å². The predicted molar refractivity (Wildman–Crippen MR) is 73.7 cm³/mol. The molecule has 1 aromatic rings. The van der Waals surface area contributed by atoms with E-state index >= 15 is 0 Å². The normalized spacial score (nSPS) is 10.4. The third-order valence-corrected chi connectivity index (χ3v) is 3.13. The highest BCUT2D eigenvalue weighted by molar-refractivity contribution is 9.10. The summed E-state index contributed by atoms with van der Waals surface area (Å²) >= 11 is 3.37. The Morgan fingerprint density at radius 2 is 2.17 bits per heavy atom. The topological polar surface area (TPSA) is 49.8 Å². The zero-order valence-electron chi connectivity index (χ0n) is 10.6. The number of methoxy groups -OCH3 is 1. The van der Waals surface area contributed by atoms with Gasteiger partial charge in [0, 0.05) is 30.2 Å². The van der Waals surface area contributed by atoms with E-state index in [-0.39, 0.29) is 12.5 Å². The molecule has 1 aromatic carbocycles. The molecule has 18 heavy (non-hydrogen) atoms.